The van der Waals surface area contributed by atoms with Gasteiger partial charge in [-0.25, -0.2) is 0 Å². The zero-order chi connectivity index (χ0) is 14.7. The standard InChI is InChI=1S/C17H25N3O/c1-13(2)8-16-9-18-19-17(16)15-4-3-6-20(11-15)10-14-5-7-21-12-14/h5,7,9,12-13,15H,3-4,6,8,10-11H2,1-2H3,(H,18,19). The fourth-order valence-electron chi connectivity index (χ4n) is 3.35. The van der Waals surface area contributed by atoms with Crippen molar-refractivity contribution in [2.45, 2.75) is 45.6 Å². The third kappa shape index (κ3) is 3.56. The minimum atomic E-state index is 0.585. The molecule has 3 rings (SSSR count). The largest absolute Gasteiger partial charge is 0.472 e. The normalized spacial score (nSPS) is 20.2. The monoisotopic (exact) mass is 287 g/mol. The molecule has 0 spiro atoms. The molecule has 0 radical (unpaired) electrons. The van der Waals surface area contributed by atoms with Crippen LogP contribution in [0, 0.1) is 5.92 Å². The van der Waals surface area contributed by atoms with E-state index in [0.717, 1.165) is 19.5 Å². The number of likely N-dealkylation sites (tertiary alicyclic amines) is 1. The van der Waals surface area contributed by atoms with Crippen molar-refractivity contribution in [2.75, 3.05) is 13.1 Å². The topological polar surface area (TPSA) is 45.1 Å². The van der Waals surface area contributed by atoms with E-state index in [1.165, 1.54) is 36.2 Å². The lowest BCUT2D eigenvalue weighted by Crippen LogP contribution is -2.34. The molecule has 1 atom stereocenters. The van der Waals surface area contributed by atoms with E-state index in [9.17, 15) is 0 Å². The van der Waals surface area contributed by atoms with E-state index in [4.69, 9.17) is 4.42 Å². The lowest BCUT2D eigenvalue weighted by atomic mass is 9.90. The maximum atomic E-state index is 5.18. The average molecular weight is 287 g/mol. The molecular formula is C17H25N3O. The molecule has 1 fully saturated rings. The second kappa shape index (κ2) is 6.48. The zero-order valence-corrected chi connectivity index (χ0v) is 13.0. The van der Waals surface area contributed by atoms with Gasteiger partial charge in [0.25, 0.3) is 0 Å². The Hall–Kier alpha value is -1.55. The van der Waals surface area contributed by atoms with Gasteiger partial charge in [-0.1, -0.05) is 13.8 Å². The molecule has 0 saturated carbocycles. The minimum absolute atomic E-state index is 0.585. The SMILES string of the molecule is CC(C)Cc1cn[nH]c1C1CCCN(Cc2ccoc2)C1. The van der Waals surface area contributed by atoms with Crippen LogP contribution in [-0.4, -0.2) is 28.2 Å². The molecule has 1 unspecified atom stereocenters. The van der Waals surface area contributed by atoms with Crippen molar-refractivity contribution in [1.29, 1.82) is 0 Å². The van der Waals surface area contributed by atoms with Gasteiger partial charge in [-0.2, -0.15) is 5.10 Å². The molecule has 1 saturated heterocycles. The Kier molecular flexibility index (Phi) is 4.44. The van der Waals surface area contributed by atoms with E-state index in [1.54, 1.807) is 6.26 Å². The second-order valence-corrected chi connectivity index (χ2v) is 6.61. The van der Waals surface area contributed by atoms with E-state index in [0.29, 0.717) is 11.8 Å². The van der Waals surface area contributed by atoms with Crippen LogP contribution < -0.4 is 0 Å². The van der Waals surface area contributed by atoms with Crippen molar-refractivity contribution < 1.29 is 4.42 Å². The van der Waals surface area contributed by atoms with Gasteiger partial charge in [0.05, 0.1) is 18.7 Å². The number of rotatable bonds is 5. The van der Waals surface area contributed by atoms with Crippen LogP contribution in [0.1, 0.15) is 49.4 Å². The molecule has 3 heterocycles. The van der Waals surface area contributed by atoms with Gasteiger partial charge in [-0.05, 0) is 43.4 Å². The summed E-state index contributed by atoms with van der Waals surface area (Å²) in [4.78, 5) is 2.53. The zero-order valence-electron chi connectivity index (χ0n) is 13.0. The van der Waals surface area contributed by atoms with Crippen LogP contribution in [0.15, 0.2) is 29.2 Å². The summed E-state index contributed by atoms with van der Waals surface area (Å²) in [7, 11) is 0. The van der Waals surface area contributed by atoms with Gasteiger partial charge >= 0.3 is 0 Å². The van der Waals surface area contributed by atoms with Gasteiger partial charge in [0.2, 0.25) is 0 Å². The molecule has 1 aliphatic heterocycles. The number of furan rings is 1. The highest BCUT2D eigenvalue weighted by Gasteiger charge is 2.25. The van der Waals surface area contributed by atoms with Crippen molar-refractivity contribution in [3.05, 3.63) is 41.6 Å². The van der Waals surface area contributed by atoms with Crippen LogP contribution in [0.2, 0.25) is 0 Å². The van der Waals surface area contributed by atoms with Gasteiger partial charge in [0.1, 0.15) is 0 Å². The number of aromatic nitrogens is 2. The first-order chi connectivity index (χ1) is 10.2. The molecule has 2 aromatic heterocycles. The molecule has 0 aromatic carbocycles. The summed E-state index contributed by atoms with van der Waals surface area (Å²) < 4.78 is 5.18. The first kappa shape index (κ1) is 14.4. The van der Waals surface area contributed by atoms with Crippen molar-refractivity contribution in [2.24, 2.45) is 5.92 Å². The molecule has 0 bridgehead atoms. The Bertz CT molecular complexity index is 544. The third-order valence-electron chi connectivity index (χ3n) is 4.28. The van der Waals surface area contributed by atoms with E-state index in [-0.39, 0.29) is 0 Å². The van der Waals surface area contributed by atoms with Crippen molar-refractivity contribution in [1.82, 2.24) is 15.1 Å². The Balaban J connectivity index is 1.67. The molecule has 2 aromatic rings. The highest BCUT2D eigenvalue weighted by Crippen LogP contribution is 2.29. The highest BCUT2D eigenvalue weighted by molar-refractivity contribution is 5.22. The number of aromatic amines is 1. The first-order valence-corrected chi connectivity index (χ1v) is 7.98. The minimum Gasteiger partial charge on any atom is -0.472 e. The Morgan fingerprint density at radius 1 is 1.48 bits per heavy atom. The predicted octanol–water partition coefficient (Wildman–Crippen LogP) is 3.58. The van der Waals surface area contributed by atoms with Gasteiger partial charge in [-0.15, -0.1) is 0 Å². The van der Waals surface area contributed by atoms with E-state index >= 15 is 0 Å². The van der Waals surface area contributed by atoms with E-state index in [1.807, 2.05) is 12.5 Å². The molecule has 1 N–H and O–H groups in total. The molecule has 21 heavy (non-hydrogen) atoms. The third-order valence-corrected chi connectivity index (χ3v) is 4.28. The lowest BCUT2D eigenvalue weighted by Gasteiger charge is -2.32. The van der Waals surface area contributed by atoms with Crippen LogP contribution >= 0.6 is 0 Å². The number of hydrogen-bond donors (Lipinski definition) is 1. The van der Waals surface area contributed by atoms with Crippen LogP contribution in [0.3, 0.4) is 0 Å². The van der Waals surface area contributed by atoms with Gasteiger partial charge in [0, 0.05) is 30.3 Å². The number of hydrogen-bond acceptors (Lipinski definition) is 3. The lowest BCUT2D eigenvalue weighted by molar-refractivity contribution is 0.197. The fraction of sp³-hybridized carbons (Fsp3) is 0.588. The molecule has 0 aliphatic carbocycles. The molecule has 4 heteroatoms. The van der Waals surface area contributed by atoms with Crippen molar-refractivity contribution in [3.8, 4) is 0 Å². The van der Waals surface area contributed by atoms with E-state index < -0.39 is 0 Å². The van der Waals surface area contributed by atoms with Crippen LogP contribution in [0.4, 0.5) is 0 Å². The molecule has 114 valence electrons. The Morgan fingerprint density at radius 2 is 2.38 bits per heavy atom. The van der Waals surface area contributed by atoms with Gasteiger partial charge in [0.15, 0.2) is 0 Å². The fourth-order valence-corrected chi connectivity index (χ4v) is 3.35. The summed E-state index contributed by atoms with van der Waals surface area (Å²) in [5, 5.41) is 7.56. The summed E-state index contributed by atoms with van der Waals surface area (Å²) >= 11 is 0. The van der Waals surface area contributed by atoms with E-state index in [2.05, 4.69) is 35.0 Å². The maximum Gasteiger partial charge on any atom is 0.0947 e. The second-order valence-electron chi connectivity index (χ2n) is 6.61. The summed E-state index contributed by atoms with van der Waals surface area (Å²) in [6, 6.07) is 2.06. The smallest absolute Gasteiger partial charge is 0.0947 e. The average Bonchev–Trinajstić information content (AvgIpc) is 3.10. The maximum absolute atomic E-state index is 5.18. The van der Waals surface area contributed by atoms with Crippen molar-refractivity contribution in [3.63, 3.8) is 0 Å². The predicted molar refractivity (Wildman–Crippen MR) is 83.1 cm³/mol. The number of nitrogens with one attached hydrogen (secondary N) is 1. The molecule has 4 nitrogen and oxygen atoms in total. The molecule has 1 aliphatic rings. The molecule has 0 amide bonds. The van der Waals surface area contributed by atoms with Crippen molar-refractivity contribution >= 4 is 0 Å². The van der Waals surface area contributed by atoms with Gasteiger partial charge < -0.3 is 4.42 Å². The Labute approximate surface area is 126 Å². The summed E-state index contributed by atoms with van der Waals surface area (Å²) in [5.74, 6) is 1.26. The number of piperidine rings is 1. The quantitative estimate of drug-likeness (QED) is 0.914. The summed E-state index contributed by atoms with van der Waals surface area (Å²) in [6.07, 6.45) is 9.25. The first-order valence-electron chi connectivity index (χ1n) is 7.98. The summed E-state index contributed by atoms with van der Waals surface area (Å²) in [6.45, 7) is 7.81. The Morgan fingerprint density at radius 3 is 3.14 bits per heavy atom. The van der Waals surface area contributed by atoms with Crippen LogP contribution in [0.5, 0.6) is 0 Å². The van der Waals surface area contributed by atoms with Crippen LogP contribution in [-0.2, 0) is 13.0 Å². The van der Waals surface area contributed by atoms with Gasteiger partial charge in [-0.3, -0.25) is 10.00 Å². The molecular weight excluding hydrogens is 262 g/mol. The number of nitrogens with zero attached hydrogens (tertiary/aromatic N) is 2. The number of H-pyrrole nitrogens is 1. The summed E-state index contributed by atoms with van der Waals surface area (Å²) in [5.41, 5.74) is 4.03. The van der Waals surface area contributed by atoms with Crippen LogP contribution in [0.25, 0.3) is 0 Å². The highest BCUT2D eigenvalue weighted by atomic mass is 16.3.